The zero-order chi connectivity index (χ0) is 12.4. The summed E-state index contributed by atoms with van der Waals surface area (Å²) in [6.07, 6.45) is 1.74. The Labute approximate surface area is 99.6 Å². The third kappa shape index (κ3) is 2.25. The first-order valence-electron chi connectivity index (χ1n) is 5.28. The molecular weight excluding hydrogens is 214 g/mol. The maximum atomic E-state index is 9.67. The molecule has 0 radical (unpaired) electrons. The maximum absolute atomic E-state index is 9.67. The number of phenols is 1. The van der Waals surface area contributed by atoms with Gasteiger partial charge >= 0.3 is 0 Å². The van der Waals surface area contributed by atoms with Crippen LogP contribution in [-0.4, -0.2) is 10.1 Å². The Morgan fingerprint density at radius 2 is 2.06 bits per heavy atom. The minimum atomic E-state index is 0.159. The summed E-state index contributed by atoms with van der Waals surface area (Å²) in [5, 5.41) is 9.67. The molecule has 1 aromatic carbocycles. The molecule has 0 fully saturated rings. The van der Waals surface area contributed by atoms with Crippen molar-refractivity contribution in [2.24, 2.45) is 5.73 Å². The molecule has 0 aliphatic rings. The van der Waals surface area contributed by atoms with Crippen LogP contribution in [0.5, 0.6) is 5.75 Å². The Balaban J connectivity index is 2.41. The van der Waals surface area contributed by atoms with Gasteiger partial charge in [0.15, 0.2) is 0 Å². The number of para-hydroxylation sites is 1. The van der Waals surface area contributed by atoms with Crippen molar-refractivity contribution in [3.05, 3.63) is 47.2 Å². The molecule has 2 rings (SSSR count). The first-order valence-corrected chi connectivity index (χ1v) is 5.28. The number of nitrogen functional groups attached to an aromatic ring is 1. The summed E-state index contributed by atoms with van der Waals surface area (Å²) in [6, 6.07) is 8.84. The Morgan fingerprint density at radius 3 is 2.65 bits per heavy atom. The van der Waals surface area contributed by atoms with Gasteiger partial charge < -0.3 is 21.6 Å². The van der Waals surface area contributed by atoms with E-state index in [2.05, 4.69) is 4.98 Å². The SMILES string of the molecule is Cc1cc(/C=C(\N)c2ccccc2O)c(N)[nH]1. The lowest BCUT2D eigenvalue weighted by molar-refractivity contribution is 0.473. The summed E-state index contributed by atoms with van der Waals surface area (Å²) in [5.41, 5.74) is 14.6. The number of rotatable bonds is 2. The van der Waals surface area contributed by atoms with Crippen LogP contribution in [-0.2, 0) is 0 Å². The van der Waals surface area contributed by atoms with Gasteiger partial charge in [0.05, 0.1) is 0 Å². The molecule has 0 bridgehead atoms. The number of aromatic amines is 1. The van der Waals surface area contributed by atoms with Crippen molar-refractivity contribution in [1.29, 1.82) is 0 Å². The van der Waals surface area contributed by atoms with E-state index < -0.39 is 0 Å². The molecule has 0 atom stereocenters. The van der Waals surface area contributed by atoms with Crippen LogP contribution in [0.4, 0.5) is 5.82 Å². The van der Waals surface area contributed by atoms with E-state index in [1.807, 2.05) is 19.1 Å². The molecule has 1 aromatic heterocycles. The van der Waals surface area contributed by atoms with E-state index >= 15 is 0 Å². The maximum Gasteiger partial charge on any atom is 0.124 e. The molecular formula is C13H15N3O. The highest BCUT2D eigenvalue weighted by molar-refractivity contribution is 5.84. The van der Waals surface area contributed by atoms with E-state index in [4.69, 9.17) is 11.5 Å². The molecule has 17 heavy (non-hydrogen) atoms. The van der Waals surface area contributed by atoms with Gasteiger partial charge in [0, 0.05) is 22.5 Å². The molecule has 0 aliphatic heterocycles. The van der Waals surface area contributed by atoms with Crippen LogP contribution in [0.2, 0.25) is 0 Å². The molecule has 1 heterocycles. The molecule has 0 saturated carbocycles. The highest BCUT2D eigenvalue weighted by atomic mass is 16.3. The molecule has 0 amide bonds. The van der Waals surface area contributed by atoms with E-state index in [9.17, 15) is 5.11 Å². The Bertz CT molecular complexity index is 570. The van der Waals surface area contributed by atoms with Gasteiger partial charge in [-0.1, -0.05) is 12.1 Å². The predicted molar refractivity (Wildman–Crippen MR) is 70.1 cm³/mol. The Hall–Kier alpha value is -2.36. The number of anilines is 1. The standard InChI is InChI=1S/C13H15N3O/c1-8-6-9(13(15)16-8)7-11(14)10-4-2-3-5-12(10)17/h2-7,16-17H,14-15H2,1H3/b11-7-. The van der Waals surface area contributed by atoms with Crippen LogP contribution >= 0.6 is 0 Å². The number of hydrogen-bond acceptors (Lipinski definition) is 3. The normalized spacial score (nSPS) is 11.7. The van der Waals surface area contributed by atoms with E-state index in [1.54, 1.807) is 24.3 Å². The van der Waals surface area contributed by atoms with Crippen molar-refractivity contribution >= 4 is 17.6 Å². The third-order valence-corrected chi connectivity index (χ3v) is 2.54. The van der Waals surface area contributed by atoms with Gasteiger partial charge in [0.2, 0.25) is 0 Å². The lowest BCUT2D eigenvalue weighted by atomic mass is 10.1. The minimum Gasteiger partial charge on any atom is -0.507 e. The van der Waals surface area contributed by atoms with Crippen molar-refractivity contribution in [1.82, 2.24) is 4.98 Å². The molecule has 2 aromatic rings. The van der Waals surface area contributed by atoms with Gasteiger partial charge in [-0.05, 0) is 31.2 Å². The summed E-state index contributed by atoms with van der Waals surface area (Å²) in [7, 11) is 0. The lowest BCUT2D eigenvalue weighted by Crippen LogP contribution is -1.97. The smallest absolute Gasteiger partial charge is 0.124 e. The van der Waals surface area contributed by atoms with Gasteiger partial charge in [-0.3, -0.25) is 0 Å². The second-order valence-electron chi connectivity index (χ2n) is 3.94. The third-order valence-electron chi connectivity index (χ3n) is 2.54. The fourth-order valence-corrected chi connectivity index (χ4v) is 1.71. The molecule has 0 aliphatic carbocycles. The molecule has 0 spiro atoms. The van der Waals surface area contributed by atoms with Gasteiger partial charge in [0.25, 0.3) is 0 Å². The van der Waals surface area contributed by atoms with Gasteiger partial charge in [-0.15, -0.1) is 0 Å². The largest absolute Gasteiger partial charge is 0.507 e. The van der Waals surface area contributed by atoms with Gasteiger partial charge in [-0.2, -0.15) is 0 Å². The summed E-state index contributed by atoms with van der Waals surface area (Å²) in [5.74, 6) is 0.730. The fraction of sp³-hybridized carbons (Fsp3) is 0.0769. The second-order valence-corrected chi connectivity index (χ2v) is 3.94. The average molecular weight is 229 g/mol. The number of aromatic hydroxyl groups is 1. The van der Waals surface area contributed by atoms with E-state index in [0.29, 0.717) is 17.1 Å². The molecule has 0 saturated heterocycles. The zero-order valence-electron chi connectivity index (χ0n) is 9.57. The summed E-state index contributed by atoms with van der Waals surface area (Å²) < 4.78 is 0. The van der Waals surface area contributed by atoms with Crippen LogP contribution in [0.25, 0.3) is 11.8 Å². The van der Waals surface area contributed by atoms with Crippen LogP contribution in [0, 0.1) is 6.92 Å². The van der Waals surface area contributed by atoms with Gasteiger partial charge in [-0.25, -0.2) is 0 Å². The van der Waals surface area contributed by atoms with Crippen molar-refractivity contribution in [3.63, 3.8) is 0 Å². The number of aromatic nitrogens is 1. The topological polar surface area (TPSA) is 88.1 Å². The van der Waals surface area contributed by atoms with Crippen LogP contribution < -0.4 is 11.5 Å². The van der Waals surface area contributed by atoms with E-state index in [0.717, 1.165) is 11.3 Å². The van der Waals surface area contributed by atoms with Crippen LogP contribution in [0.3, 0.4) is 0 Å². The number of benzene rings is 1. The number of aryl methyl sites for hydroxylation is 1. The number of H-pyrrole nitrogens is 1. The summed E-state index contributed by atoms with van der Waals surface area (Å²) in [4.78, 5) is 2.99. The highest BCUT2D eigenvalue weighted by Crippen LogP contribution is 2.24. The van der Waals surface area contributed by atoms with Crippen molar-refractivity contribution < 1.29 is 5.11 Å². The van der Waals surface area contributed by atoms with Crippen LogP contribution in [0.15, 0.2) is 30.3 Å². The van der Waals surface area contributed by atoms with Crippen molar-refractivity contribution in [2.75, 3.05) is 5.73 Å². The summed E-state index contributed by atoms with van der Waals surface area (Å²) >= 11 is 0. The molecule has 0 unspecified atom stereocenters. The predicted octanol–water partition coefficient (Wildman–Crippen LogP) is 2.07. The molecule has 4 heteroatoms. The monoisotopic (exact) mass is 229 g/mol. The molecule has 4 nitrogen and oxygen atoms in total. The molecule has 6 N–H and O–H groups in total. The lowest BCUT2D eigenvalue weighted by Gasteiger charge is -2.04. The van der Waals surface area contributed by atoms with E-state index in [-0.39, 0.29) is 5.75 Å². The second kappa shape index (κ2) is 4.25. The summed E-state index contributed by atoms with van der Waals surface area (Å²) in [6.45, 7) is 1.92. The first kappa shape index (κ1) is 11.1. The number of hydrogen-bond donors (Lipinski definition) is 4. The van der Waals surface area contributed by atoms with Crippen molar-refractivity contribution in [2.45, 2.75) is 6.92 Å². The van der Waals surface area contributed by atoms with Gasteiger partial charge in [0.1, 0.15) is 11.6 Å². The number of nitrogens with one attached hydrogen (secondary N) is 1. The van der Waals surface area contributed by atoms with Crippen LogP contribution in [0.1, 0.15) is 16.8 Å². The molecule has 88 valence electrons. The Kier molecular flexibility index (Phi) is 2.78. The fourth-order valence-electron chi connectivity index (χ4n) is 1.71. The zero-order valence-corrected chi connectivity index (χ0v) is 9.57. The van der Waals surface area contributed by atoms with E-state index in [1.165, 1.54) is 0 Å². The van der Waals surface area contributed by atoms with Crippen molar-refractivity contribution in [3.8, 4) is 5.75 Å². The Morgan fingerprint density at radius 1 is 1.35 bits per heavy atom. The quantitative estimate of drug-likeness (QED) is 0.635. The highest BCUT2D eigenvalue weighted by Gasteiger charge is 2.05. The first-order chi connectivity index (χ1) is 8.08. The average Bonchev–Trinajstić information content (AvgIpc) is 2.58. The number of nitrogens with two attached hydrogens (primary N) is 2. The number of phenolic OH excluding ortho intramolecular Hbond substituents is 1. The minimum absolute atomic E-state index is 0.159.